The lowest BCUT2D eigenvalue weighted by Gasteiger charge is -2.38. The minimum atomic E-state index is -0.481. The zero-order valence-corrected chi connectivity index (χ0v) is 16.1. The second kappa shape index (κ2) is 8.86. The van der Waals surface area contributed by atoms with Crippen molar-refractivity contribution in [1.29, 1.82) is 0 Å². The van der Waals surface area contributed by atoms with Gasteiger partial charge in [0.25, 0.3) is 0 Å². The standard InChI is InChI=1S/C21H24N2O5/c1-4-15-6-5-7-16-10-17(8-9-19(15)16)20(24)28-18-11-22(13-26-2)21(25)23(12-18)14-27-3/h4-10,18H,1,11-14H2,2-3H3. The molecule has 0 unspecified atom stereocenters. The fourth-order valence-corrected chi connectivity index (χ4v) is 3.34. The average molecular weight is 384 g/mol. The van der Waals surface area contributed by atoms with Gasteiger partial charge >= 0.3 is 12.0 Å². The van der Waals surface area contributed by atoms with Crippen molar-refractivity contribution in [2.45, 2.75) is 6.10 Å². The van der Waals surface area contributed by atoms with Crippen LogP contribution in [0, 0.1) is 0 Å². The third kappa shape index (κ3) is 4.16. The van der Waals surface area contributed by atoms with Gasteiger partial charge < -0.3 is 14.2 Å². The largest absolute Gasteiger partial charge is 0.455 e. The topological polar surface area (TPSA) is 68.3 Å². The van der Waals surface area contributed by atoms with Crippen molar-refractivity contribution in [2.24, 2.45) is 0 Å². The molecule has 7 heteroatoms. The van der Waals surface area contributed by atoms with Gasteiger partial charge in [0.15, 0.2) is 0 Å². The summed E-state index contributed by atoms with van der Waals surface area (Å²) in [6.07, 6.45) is 1.31. The van der Waals surface area contributed by atoms with Crippen LogP contribution in [0.15, 0.2) is 43.0 Å². The van der Waals surface area contributed by atoms with Crippen LogP contribution in [0.25, 0.3) is 16.8 Å². The van der Waals surface area contributed by atoms with Crippen LogP contribution in [-0.2, 0) is 14.2 Å². The van der Waals surface area contributed by atoms with Crippen LogP contribution < -0.4 is 0 Å². The van der Waals surface area contributed by atoms with Crippen molar-refractivity contribution in [3.8, 4) is 0 Å². The molecule has 1 aliphatic rings. The van der Waals surface area contributed by atoms with E-state index >= 15 is 0 Å². The van der Waals surface area contributed by atoms with Crippen LogP contribution in [0.2, 0.25) is 0 Å². The number of fused-ring (bicyclic) bond motifs is 1. The Labute approximate surface area is 164 Å². The van der Waals surface area contributed by atoms with Gasteiger partial charge in [0.2, 0.25) is 0 Å². The van der Waals surface area contributed by atoms with Crippen LogP contribution in [0.5, 0.6) is 0 Å². The Bertz CT molecular complexity index is 864. The van der Waals surface area contributed by atoms with Crippen molar-refractivity contribution >= 4 is 28.8 Å². The molecule has 1 fully saturated rings. The van der Waals surface area contributed by atoms with E-state index < -0.39 is 12.1 Å². The number of esters is 1. The molecule has 0 bridgehead atoms. The summed E-state index contributed by atoms with van der Waals surface area (Å²) in [6.45, 7) is 4.60. The molecule has 0 atom stereocenters. The molecule has 0 radical (unpaired) electrons. The van der Waals surface area contributed by atoms with Gasteiger partial charge in [-0.3, -0.25) is 9.80 Å². The van der Waals surface area contributed by atoms with E-state index in [4.69, 9.17) is 14.2 Å². The quantitative estimate of drug-likeness (QED) is 0.687. The highest BCUT2D eigenvalue weighted by Gasteiger charge is 2.33. The number of hydrogen-bond acceptors (Lipinski definition) is 5. The van der Waals surface area contributed by atoms with Gasteiger partial charge in [0, 0.05) is 14.2 Å². The number of hydrogen-bond donors (Lipinski definition) is 0. The maximum atomic E-state index is 12.7. The average Bonchev–Trinajstić information content (AvgIpc) is 2.70. The minimum absolute atomic E-state index is 0.118. The van der Waals surface area contributed by atoms with Crippen LogP contribution in [0.3, 0.4) is 0 Å². The minimum Gasteiger partial charge on any atom is -0.455 e. The van der Waals surface area contributed by atoms with E-state index in [0.29, 0.717) is 5.56 Å². The monoisotopic (exact) mass is 384 g/mol. The third-order valence-corrected chi connectivity index (χ3v) is 4.60. The van der Waals surface area contributed by atoms with Crippen molar-refractivity contribution in [2.75, 3.05) is 40.8 Å². The Hall–Kier alpha value is -2.90. The van der Waals surface area contributed by atoms with Crippen LogP contribution in [0.4, 0.5) is 4.79 Å². The number of methoxy groups -OCH3 is 2. The van der Waals surface area contributed by atoms with Gasteiger partial charge in [-0.25, -0.2) is 9.59 Å². The van der Waals surface area contributed by atoms with Crippen LogP contribution >= 0.6 is 0 Å². The fraction of sp³-hybridized carbons (Fsp3) is 0.333. The highest BCUT2D eigenvalue weighted by Crippen LogP contribution is 2.22. The number of urea groups is 1. The van der Waals surface area contributed by atoms with Crippen LogP contribution in [0.1, 0.15) is 15.9 Å². The van der Waals surface area contributed by atoms with Crippen molar-refractivity contribution in [3.05, 3.63) is 54.1 Å². The lowest BCUT2D eigenvalue weighted by atomic mass is 10.0. The highest BCUT2D eigenvalue weighted by molar-refractivity contribution is 5.98. The molecule has 1 heterocycles. The molecule has 0 aromatic heterocycles. The number of carbonyl (C=O) groups excluding carboxylic acids is 2. The fourth-order valence-electron chi connectivity index (χ4n) is 3.34. The van der Waals surface area contributed by atoms with E-state index in [0.717, 1.165) is 16.3 Å². The SMILES string of the molecule is C=Cc1cccc2cc(C(=O)OC3CN(COC)C(=O)N(COC)C3)ccc12. The molecular formula is C21H24N2O5. The van der Waals surface area contributed by atoms with Gasteiger partial charge in [0.1, 0.15) is 19.6 Å². The van der Waals surface area contributed by atoms with Gasteiger partial charge in [-0.05, 0) is 28.5 Å². The zero-order chi connectivity index (χ0) is 20.1. The number of benzene rings is 2. The molecule has 1 aliphatic heterocycles. The number of amides is 2. The number of nitrogens with zero attached hydrogens (tertiary/aromatic N) is 2. The van der Waals surface area contributed by atoms with Gasteiger partial charge in [0.05, 0.1) is 18.7 Å². The summed E-state index contributed by atoms with van der Waals surface area (Å²) < 4.78 is 15.8. The molecular weight excluding hydrogens is 360 g/mol. The van der Waals surface area contributed by atoms with Crippen LogP contribution in [-0.4, -0.2) is 68.7 Å². The first kappa shape index (κ1) is 19.9. The summed E-state index contributed by atoms with van der Waals surface area (Å²) in [5.74, 6) is -0.431. The summed E-state index contributed by atoms with van der Waals surface area (Å²) >= 11 is 0. The first-order valence-corrected chi connectivity index (χ1v) is 8.95. The molecule has 0 spiro atoms. The molecule has 28 heavy (non-hydrogen) atoms. The Morgan fingerprint density at radius 2 is 1.82 bits per heavy atom. The third-order valence-electron chi connectivity index (χ3n) is 4.60. The van der Waals surface area contributed by atoms with Gasteiger partial charge in [-0.1, -0.05) is 36.9 Å². The smallest absolute Gasteiger partial charge is 0.338 e. The maximum absolute atomic E-state index is 12.7. The zero-order valence-electron chi connectivity index (χ0n) is 16.1. The highest BCUT2D eigenvalue weighted by atomic mass is 16.5. The lowest BCUT2D eigenvalue weighted by Crippen LogP contribution is -2.57. The van der Waals surface area contributed by atoms with Crippen molar-refractivity contribution in [1.82, 2.24) is 9.80 Å². The van der Waals surface area contributed by atoms with E-state index in [1.807, 2.05) is 24.3 Å². The Kier molecular flexibility index (Phi) is 6.28. The second-order valence-electron chi connectivity index (χ2n) is 6.58. The summed E-state index contributed by atoms with van der Waals surface area (Å²) in [5, 5.41) is 1.96. The predicted molar refractivity (Wildman–Crippen MR) is 106 cm³/mol. The number of ether oxygens (including phenoxy) is 3. The van der Waals surface area contributed by atoms with Crippen molar-refractivity contribution < 1.29 is 23.8 Å². The number of rotatable bonds is 7. The molecule has 3 rings (SSSR count). The molecule has 0 saturated carbocycles. The van der Waals surface area contributed by atoms with E-state index in [1.54, 1.807) is 18.2 Å². The summed E-state index contributed by atoms with van der Waals surface area (Å²) in [5.41, 5.74) is 1.47. The van der Waals surface area contributed by atoms with E-state index in [-0.39, 0.29) is 32.6 Å². The predicted octanol–water partition coefficient (Wildman–Crippen LogP) is 2.95. The molecule has 148 valence electrons. The Morgan fingerprint density at radius 1 is 1.14 bits per heavy atom. The first-order chi connectivity index (χ1) is 13.6. The lowest BCUT2D eigenvalue weighted by molar-refractivity contribution is -0.0401. The molecule has 7 nitrogen and oxygen atoms in total. The van der Waals surface area contributed by atoms with Gasteiger partial charge in [-0.2, -0.15) is 0 Å². The molecule has 1 saturated heterocycles. The first-order valence-electron chi connectivity index (χ1n) is 8.95. The summed E-state index contributed by atoms with van der Waals surface area (Å²) in [6, 6.07) is 11.1. The molecule has 2 aromatic rings. The maximum Gasteiger partial charge on any atom is 0.338 e. The molecule has 0 N–H and O–H groups in total. The Balaban J connectivity index is 1.76. The van der Waals surface area contributed by atoms with Gasteiger partial charge in [-0.15, -0.1) is 0 Å². The Morgan fingerprint density at radius 3 is 2.43 bits per heavy atom. The molecule has 2 aromatic carbocycles. The number of carbonyl (C=O) groups is 2. The molecule has 2 amide bonds. The van der Waals surface area contributed by atoms with E-state index in [9.17, 15) is 9.59 Å². The normalized spacial score (nSPS) is 15.1. The summed E-state index contributed by atoms with van der Waals surface area (Å²) in [7, 11) is 3.02. The van der Waals surface area contributed by atoms with Crippen molar-refractivity contribution in [3.63, 3.8) is 0 Å². The van der Waals surface area contributed by atoms with E-state index in [1.165, 1.54) is 24.0 Å². The molecule has 0 aliphatic carbocycles. The second-order valence-corrected chi connectivity index (χ2v) is 6.58. The van der Waals surface area contributed by atoms with E-state index in [2.05, 4.69) is 6.58 Å². The summed E-state index contributed by atoms with van der Waals surface area (Å²) in [4.78, 5) is 28.0.